The number of aromatic nitrogens is 3. The molecule has 0 spiro atoms. The predicted octanol–water partition coefficient (Wildman–Crippen LogP) is 1.69. The van der Waals surface area contributed by atoms with Gasteiger partial charge >= 0.3 is 0 Å². The molecule has 3 rings (SSSR count). The van der Waals surface area contributed by atoms with Crippen molar-refractivity contribution in [2.24, 2.45) is 0 Å². The second-order valence-corrected chi connectivity index (χ2v) is 3.88. The number of aromatic hydroxyl groups is 1. The molecule has 0 fully saturated rings. The monoisotopic (exact) mass is 239 g/mol. The van der Waals surface area contributed by atoms with E-state index in [2.05, 4.69) is 15.0 Å². The van der Waals surface area contributed by atoms with Gasteiger partial charge < -0.3 is 10.1 Å². The van der Waals surface area contributed by atoms with E-state index in [-0.39, 0.29) is 11.3 Å². The number of hydrogen-bond acceptors (Lipinski definition) is 4. The SMILES string of the molecule is O=c1[nH]cnc2ncc(-c3cccc(O)c3)cc12. The highest BCUT2D eigenvalue weighted by Crippen LogP contribution is 2.23. The molecule has 0 saturated carbocycles. The lowest BCUT2D eigenvalue weighted by atomic mass is 10.1. The van der Waals surface area contributed by atoms with Crippen molar-refractivity contribution < 1.29 is 5.11 Å². The minimum atomic E-state index is -0.227. The maximum atomic E-state index is 11.6. The van der Waals surface area contributed by atoms with Gasteiger partial charge in [0.2, 0.25) is 0 Å². The summed E-state index contributed by atoms with van der Waals surface area (Å²) in [4.78, 5) is 22.3. The lowest BCUT2D eigenvalue weighted by molar-refractivity contribution is 0.475. The van der Waals surface area contributed by atoms with Crippen molar-refractivity contribution >= 4 is 11.0 Å². The van der Waals surface area contributed by atoms with Crippen LogP contribution in [0, 0.1) is 0 Å². The van der Waals surface area contributed by atoms with Crippen LogP contribution in [0.4, 0.5) is 0 Å². The zero-order valence-corrected chi connectivity index (χ0v) is 9.29. The highest BCUT2D eigenvalue weighted by Gasteiger charge is 2.04. The van der Waals surface area contributed by atoms with Crippen LogP contribution in [-0.2, 0) is 0 Å². The number of fused-ring (bicyclic) bond motifs is 1. The molecule has 0 aliphatic rings. The van der Waals surface area contributed by atoms with Crippen molar-refractivity contribution in [1.82, 2.24) is 15.0 Å². The summed E-state index contributed by atoms with van der Waals surface area (Å²) in [5.41, 5.74) is 1.74. The van der Waals surface area contributed by atoms with Crippen LogP contribution in [0.2, 0.25) is 0 Å². The molecule has 1 aromatic carbocycles. The van der Waals surface area contributed by atoms with Gasteiger partial charge in [0.05, 0.1) is 11.7 Å². The van der Waals surface area contributed by atoms with Crippen LogP contribution in [0.15, 0.2) is 47.7 Å². The maximum Gasteiger partial charge on any atom is 0.260 e. The normalized spacial score (nSPS) is 10.7. The molecule has 5 heteroatoms. The molecule has 5 nitrogen and oxygen atoms in total. The van der Waals surface area contributed by atoms with Gasteiger partial charge in [0.25, 0.3) is 5.56 Å². The Labute approximate surface area is 102 Å². The highest BCUT2D eigenvalue weighted by atomic mass is 16.3. The molecular formula is C13H9N3O2. The Hall–Kier alpha value is -2.69. The molecule has 0 aliphatic heterocycles. The Bertz CT molecular complexity index is 780. The molecule has 2 N–H and O–H groups in total. The summed E-state index contributed by atoms with van der Waals surface area (Å²) in [6, 6.07) is 8.50. The summed E-state index contributed by atoms with van der Waals surface area (Å²) < 4.78 is 0. The number of pyridine rings is 1. The van der Waals surface area contributed by atoms with Crippen molar-refractivity contribution in [3.05, 3.63) is 53.2 Å². The summed E-state index contributed by atoms with van der Waals surface area (Å²) in [6.07, 6.45) is 2.95. The van der Waals surface area contributed by atoms with E-state index in [0.717, 1.165) is 11.1 Å². The van der Waals surface area contributed by atoms with Gasteiger partial charge in [-0.3, -0.25) is 4.79 Å². The number of H-pyrrole nitrogens is 1. The first-order chi connectivity index (χ1) is 8.74. The minimum absolute atomic E-state index is 0.174. The van der Waals surface area contributed by atoms with Crippen LogP contribution in [0.5, 0.6) is 5.75 Å². The van der Waals surface area contributed by atoms with Crippen LogP contribution in [0.1, 0.15) is 0 Å². The summed E-state index contributed by atoms with van der Waals surface area (Å²) in [5, 5.41) is 9.87. The lowest BCUT2D eigenvalue weighted by Crippen LogP contribution is -2.07. The van der Waals surface area contributed by atoms with E-state index < -0.39 is 0 Å². The third kappa shape index (κ3) is 1.71. The molecule has 0 radical (unpaired) electrons. The number of benzene rings is 1. The molecule has 2 aromatic heterocycles. The van der Waals surface area contributed by atoms with E-state index in [1.54, 1.807) is 30.5 Å². The van der Waals surface area contributed by atoms with Gasteiger partial charge in [-0.1, -0.05) is 12.1 Å². The van der Waals surface area contributed by atoms with Crippen LogP contribution in [0.3, 0.4) is 0 Å². The topological polar surface area (TPSA) is 78.9 Å². The Morgan fingerprint density at radius 2 is 2.00 bits per heavy atom. The second-order valence-electron chi connectivity index (χ2n) is 3.88. The first-order valence-corrected chi connectivity index (χ1v) is 5.37. The van der Waals surface area contributed by atoms with Gasteiger partial charge in [-0.05, 0) is 23.8 Å². The Kier molecular flexibility index (Phi) is 2.30. The standard InChI is InChI=1S/C13H9N3O2/c17-10-3-1-2-8(4-10)9-5-11-12(14-6-9)15-7-16-13(11)18/h1-7,17H,(H,14,15,16,18). The third-order valence-electron chi connectivity index (χ3n) is 2.67. The smallest absolute Gasteiger partial charge is 0.260 e. The lowest BCUT2D eigenvalue weighted by Gasteiger charge is -2.02. The van der Waals surface area contributed by atoms with Crippen LogP contribution >= 0.6 is 0 Å². The fourth-order valence-electron chi connectivity index (χ4n) is 1.80. The van der Waals surface area contributed by atoms with Gasteiger partial charge in [-0.25, -0.2) is 9.97 Å². The number of rotatable bonds is 1. The Morgan fingerprint density at radius 3 is 2.83 bits per heavy atom. The van der Waals surface area contributed by atoms with Gasteiger partial charge in [-0.15, -0.1) is 0 Å². The van der Waals surface area contributed by atoms with E-state index in [4.69, 9.17) is 0 Å². The molecule has 88 valence electrons. The molecular weight excluding hydrogens is 230 g/mol. The number of aromatic amines is 1. The minimum Gasteiger partial charge on any atom is -0.508 e. The van der Waals surface area contributed by atoms with Crippen LogP contribution in [-0.4, -0.2) is 20.1 Å². The van der Waals surface area contributed by atoms with Crippen molar-refractivity contribution in [1.29, 1.82) is 0 Å². The Morgan fingerprint density at radius 1 is 1.11 bits per heavy atom. The first kappa shape index (κ1) is 10.5. The molecule has 0 unspecified atom stereocenters. The quantitative estimate of drug-likeness (QED) is 0.677. The summed E-state index contributed by atoms with van der Waals surface area (Å²) in [5.74, 6) is 0.174. The van der Waals surface area contributed by atoms with E-state index in [1.165, 1.54) is 6.33 Å². The average molecular weight is 239 g/mol. The molecule has 0 amide bonds. The van der Waals surface area contributed by atoms with Crippen molar-refractivity contribution in [2.45, 2.75) is 0 Å². The molecule has 0 atom stereocenters. The van der Waals surface area contributed by atoms with Crippen LogP contribution < -0.4 is 5.56 Å². The van der Waals surface area contributed by atoms with Gasteiger partial charge in [0.15, 0.2) is 5.65 Å². The zero-order chi connectivity index (χ0) is 12.5. The van der Waals surface area contributed by atoms with Crippen molar-refractivity contribution in [2.75, 3.05) is 0 Å². The van der Waals surface area contributed by atoms with E-state index in [1.807, 2.05) is 6.07 Å². The molecule has 0 saturated heterocycles. The largest absolute Gasteiger partial charge is 0.508 e. The fraction of sp³-hybridized carbons (Fsp3) is 0. The molecule has 0 bridgehead atoms. The van der Waals surface area contributed by atoms with Gasteiger partial charge in [0, 0.05) is 11.8 Å². The molecule has 3 aromatic rings. The second kappa shape index (κ2) is 3.96. The van der Waals surface area contributed by atoms with Crippen LogP contribution in [0.25, 0.3) is 22.2 Å². The summed E-state index contributed by atoms with van der Waals surface area (Å²) in [6.45, 7) is 0. The Balaban J connectivity index is 2.25. The van der Waals surface area contributed by atoms with Gasteiger partial charge in [-0.2, -0.15) is 0 Å². The average Bonchev–Trinajstić information content (AvgIpc) is 2.39. The zero-order valence-electron chi connectivity index (χ0n) is 9.29. The number of nitrogens with zero attached hydrogens (tertiary/aromatic N) is 2. The molecule has 0 aliphatic carbocycles. The highest BCUT2D eigenvalue weighted by molar-refractivity contribution is 5.79. The fourth-order valence-corrected chi connectivity index (χ4v) is 1.80. The van der Waals surface area contributed by atoms with E-state index in [9.17, 15) is 9.90 Å². The summed E-state index contributed by atoms with van der Waals surface area (Å²) in [7, 11) is 0. The predicted molar refractivity (Wildman–Crippen MR) is 67.3 cm³/mol. The summed E-state index contributed by atoms with van der Waals surface area (Å²) >= 11 is 0. The number of phenolic OH excluding ortho intramolecular Hbond substituents is 1. The van der Waals surface area contributed by atoms with Gasteiger partial charge in [0.1, 0.15) is 5.75 Å². The number of nitrogens with one attached hydrogen (secondary N) is 1. The number of hydrogen-bond donors (Lipinski definition) is 2. The number of phenols is 1. The van der Waals surface area contributed by atoms with E-state index >= 15 is 0 Å². The van der Waals surface area contributed by atoms with Crippen molar-refractivity contribution in [3.63, 3.8) is 0 Å². The first-order valence-electron chi connectivity index (χ1n) is 5.37. The molecule has 18 heavy (non-hydrogen) atoms. The maximum absolute atomic E-state index is 11.6. The van der Waals surface area contributed by atoms with E-state index in [0.29, 0.717) is 11.0 Å². The molecule has 2 heterocycles. The van der Waals surface area contributed by atoms with Crippen molar-refractivity contribution in [3.8, 4) is 16.9 Å². The third-order valence-corrected chi connectivity index (χ3v) is 2.67.